The van der Waals surface area contributed by atoms with Gasteiger partial charge in [0.05, 0.1) is 24.4 Å². The van der Waals surface area contributed by atoms with Crippen molar-refractivity contribution < 1.29 is 9.53 Å². The van der Waals surface area contributed by atoms with Crippen LogP contribution in [0.15, 0.2) is 18.6 Å². The smallest absolute Gasteiger partial charge is 0.410 e. The standard InChI is InChI=1S/C22H31N7O2/c1-15(2)10-17-14-28(8-9-29(17)21(30)31-22(3,4)5)20-18(23-6)12-24-19(26-20)16-11-25-27(7)13-16/h11-13,15,17H,8-10,14H2,1-5,7H3/t17-/m1/s1. The quantitative estimate of drug-likeness (QED) is 0.691. The van der Waals surface area contributed by atoms with Crippen LogP contribution in [0, 0.1) is 12.5 Å². The molecule has 0 aliphatic carbocycles. The van der Waals surface area contributed by atoms with E-state index in [1.165, 1.54) is 0 Å². The highest BCUT2D eigenvalue weighted by Gasteiger charge is 2.35. The summed E-state index contributed by atoms with van der Waals surface area (Å²) in [5, 5.41) is 4.19. The van der Waals surface area contributed by atoms with Gasteiger partial charge in [0.25, 0.3) is 0 Å². The Kier molecular flexibility index (Phi) is 6.48. The van der Waals surface area contributed by atoms with Gasteiger partial charge in [-0.25, -0.2) is 19.6 Å². The number of piperazine rings is 1. The van der Waals surface area contributed by atoms with E-state index in [2.05, 4.69) is 33.7 Å². The highest BCUT2D eigenvalue weighted by atomic mass is 16.6. The molecule has 0 aromatic carbocycles. The molecule has 3 heterocycles. The fourth-order valence-corrected chi connectivity index (χ4v) is 3.71. The molecule has 1 saturated heterocycles. The SMILES string of the molecule is [C-]#[N+]c1cnc(-c2cnn(C)c2)nc1N1CCN(C(=O)OC(C)(C)C)[C@H](CC(C)C)C1. The molecule has 166 valence electrons. The zero-order chi connectivity index (χ0) is 22.8. The molecular weight excluding hydrogens is 394 g/mol. The molecule has 0 bridgehead atoms. The Bertz CT molecular complexity index is 971. The van der Waals surface area contributed by atoms with E-state index in [9.17, 15) is 4.79 Å². The van der Waals surface area contributed by atoms with Crippen molar-refractivity contribution in [3.8, 4) is 11.4 Å². The van der Waals surface area contributed by atoms with E-state index in [-0.39, 0.29) is 12.1 Å². The van der Waals surface area contributed by atoms with Gasteiger partial charge in [0.1, 0.15) is 11.4 Å². The number of hydrogen-bond acceptors (Lipinski definition) is 6. The summed E-state index contributed by atoms with van der Waals surface area (Å²) in [6, 6.07) is -0.0287. The van der Waals surface area contributed by atoms with E-state index in [4.69, 9.17) is 16.3 Å². The molecular formula is C22H31N7O2. The minimum absolute atomic E-state index is 0.0287. The van der Waals surface area contributed by atoms with Crippen LogP contribution in [0.2, 0.25) is 0 Å². The molecule has 31 heavy (non-hydrogen) atoms. The second kappa shape index (κ2) is 8.92. The van der Waals surface area contributed by atoms with Crippen molar-refractivity contribution in [3.63, 3.8) is 0 Å². The molecule has 2 aromatic heterocycles. The van der Waals surface area contributed by atoms with Crippen LogP contribution in [0.25, 0.3) is 16.2 Å². The monoisotopic (exact) mass is 425 g/mol. The van der Waals surface area contributed by atoms with Gasteiger partial charge in [0.15, 0.2) is 5.82 Å². The van der Waals surface area contributed by atoms with Crippen molar-refractivity contribution in [1.29, 1.82) is 0 Å². The first-order valence-electron chi connectivity index (χ1n) is 10.6. The molecule has 0 unspecified atom stereocenters. The van der Waals surface area contributed by atoms with Crippen LogP contribution in [0.4, 0.5) is 16.3 Å². The van der Waals surface area contributed by atoms with Crippen LogP contribution in [-0.2, 0) is 11.8 Å². The van der Waals surface area contributed by atoms with Gasteiger partial charge in [-0.05, 0) is 33.1 Å². The van der Waals surface area contributed by atoms with E-state index in [0.717, 1.165) is 12.0 Å². The third-order valence-electron chi connectivity index (χ3n) is 4.99. The number of amides is 1. The van der Waals surface area contributed by atoms with Crippen LogP contribution in [0.3, 0.4) is 0 Å². The highest BCUT2D eigenvalue weighted by molar-refractivity contribution is 5.71. The van der Waals surface area contributed by atoms with Gasteiger partial charge in [0, 0.05) is 39.1 Å². The number of carbonyl (C=O) groups excluding carboxylic acids is 1. The fourth-order valence-electron chi connectivity index (χ4n) is 3.71. The van der Waals surface area contributed by atoms with E-state index < -0.39 is 5.60 Å². The van der Waals surface area contributed by atoms with Crippen molar-refractivity contribution >= 4 is 17.6 Å². The van der Waals surface area contributed by atoms with Crippen molar-refractivity contribution in [1.82, 2.24) is 24.6 Å². The van der Waals surface area contributed by atoms with E-state index in [1.54, 1.807) is 17.1 Å². The molecule has 0 N–H and O–H groups in total. The largest absolute Gasteiger partial charge is 0.444 e. The molecule has 1 atom stereocenters. The Morgan fingerprint density at radius 2 is 2.06 bits per heavy atom. The lowest BCUT2D eigenvalue weighted by molar-refractivity contribution is 0.0119. The molecule has 0 radical (unpaired) electrons. The summed E-state index contributed by atoms with van der Waals surface area (Å²) in [5.41, 5.74) is 0.659. The Hall–Kier alpha value is -3.15. The number of hydrogen-bond donors (Lipinski definition) is 0. The summed E-state index contributed by atoms with van der Waals surface area (Å²) in [7, 11) is 1.84. The van der Waals surface area contributed by atoms with Gasteiger partial charge >= 0.3 is 6.09 Å². The number of anilines is 1. The molecule has 1 aliphatic rings. The number of aromatic nitrogens is 4. The van der Waals surface area contributed by atoms with Crippen molar-refractivity contribution in [2.75, 3.05) is 24.5 Å². The minimum atomic E-state index is -0.543. The number of ether oxygens (including phenoxy) is 1. The van der Waals surface area contributed by atoms with Crippen LogP contribution in [0.5, 0.6) is 0 Å². The van der Waals surface area contributed by atoms with Gasteiger partial charge in [-0.15, -0.1) is 0 Å². The lowest BCUT2D eigenvalue weighted by Gasteiger charge is -2.43. The van der Waals surface area contributed by atoms with Gasteiger partial charge in [-0.1, -0.05) is 13.8 Å². The molecule has 3 rings (SSSR count). The summed E-state index contributed by atoms with van der Waals surface area (Å²) in [6.45, 7) is 19.1. The summed E-state index contributed by atoms with van der Waals surface area (Å²) < 4.78 is 7.33. The second-order valence-corrected chi connectivity index (χ2v) is 9.32. The average molecular weight is 426 g/mol. The van der Waals surface area contributed by atoms with Crippen molar-refractivity contribution in [3.05, 3.63) is 30.0 Å². The maximum Gasteiger partial charge on any atom is 0.410 e. The molecule has 1 fully saturated rings. The summed E-state index contributed by atoms with van der Waals surface area (Å²) >= 11 is 0. The van der Waals surface area contributed by atoms with Crippen LogP contribution in [-0.4, -0.2) is 62.0 Å². The molecule has 2 aromatic rings. The Morgan fingerprint density at radius 1 is 1.32 bits per heavy atom. The molecule has 9 heteroatoms. The number of nitrogens with zero attached hydrogens (tertiary/aromatic N) is 7. The Labute approximate surface area is 183 Å². The van der Waals surface area contributed by atoms with Gasteiger partial charge in [0.2, 0.25) is 5.69 Å². The van der Waals surface area contributed by atoms with E-state index in [0.29, 0.717) is 42.9 Å². The van der Waals surface area contributed by atoms with Gasteiger partial charge in [-0.2, -0.15) is 5.10 Å². The topological polar surface area (TPSA) is 80.7 Å². The maximum absolute atomic E-state index is 12.8. The third kappa shape index (κ3) is 5.51. The number of aryl methyl sites for hydroxylation is 1. The zero-order valence-electron chi connectivity index (χ0n) is 19.2. The molecule has 0 spiro atoms. The molecule has 0 saturated carbocycles. The van der Waals surface area contributed by atoms with Crippen molar-refractivity contribution in [2.24, 2.45) is 13.0 Å². The first-order chi connectivity index (χ1) is 14.6. The normalized spacial score (nSPS) is 17.0. The van der Waals surface area contributed by atoms with E-state index >= 15 is 0 Å². The predicted octanol–water partition coefficient (Wildman–Crippen LogP) is 3.90. The number of carbonyl (C=O) groups is 1. The number of rotatable bonds is 4. The highest BCUT2D eigenvalue weighted by Crippen LogP contribution is 2.31. The first kappa shape index (κ1) is 22.5. The van der Waals surface area contributed by atoms with Crippen LogP contribution < -0.4 is 4.90 Å². The van der Waals surface area contributed by atoms with Crippen LogP contribution in [0.1, 0.15) is 41.0 Å². The van der Waals surface area contributed by atoms with E-state index in [1.807, 2.05) is 38.9 Å². The lowest BCUT2D eigenvalue weighted by atomic mass is 10.00. The molecule has 1 aliphatic heterocycles. The lowest BCUT2D eigenvalue weighted by Crippen LogP contribution is -2.56. The fraction of sp³-hybridized carbons (Fsp3) is 0.591. The first-order valence-corrected chi connectivity index (χ1v) is 10.6. The molecule has 1 amide bonds. The summed E-state index contributed by atoms with van der Waals surface area (Å²) in [4.78, 5) is 29.4. The zero-order valence-corrected chi connectivity index (χ0v) is 19.2. The van der Waals surface area contributed by atoms with Gasteiger partial charge in [-0.3, -0.25) is 4.68 Å². The molecule has 9 nitrogen and oxygen atoms in total. The van der Waals surface area contributed by atoms with Crippen LogP contribution >= 0.6 is 0 Å². The average Bonchev–Trinajstić information content (AvgIpc) is 3.12. The Balaban J connectivity index is 1.88. The summed E-state index contributed by atoms with van der Waals surface area (Å²) in [6.07, 6.45) is 5.66. The minimum Gasteiger partial charge on any atom is -0.444 e. The predicted molar refractivity (Wildman–Crippen MR) is 119 cm³/mol. The summed E-state index contributed by atoms with van der Waals surface area (Å²) in [5.74, 6) is 1.54. The maximum atomic E-state index is 12.8. The van der Waals surface area contributed by atoms with Crippen molar-refractivity contribution in [2.45, 2.75) is 52.7 Å². The second-order valence-electron chi connectivity index (χ2n) is 9.32. The van der Waals surface area contributed by atoms with Gasteiger partial charge < -0.3 is 14.5 Å². The third-order valence-corrected chi connectivity index (χ3v) is 4.99. The Morgan fingerprint density at radius 3 is 2.65 bits per heavy atom.